The van der Waals surface area contributed by atoms with Crippen LogP contribution in [-0.4, -0.2) is 40.2 Å². The van der Waals surface area contributed by atoms with E-state index in [4.69, 9.17) is 4.12 Å². The summed E-state index contributed by atoms with van der Waals surface area (Å²) in [6, 6.07) is 50.0. The van der Waals surface area contributed by atoms with Crippen LogP contribution in [0.3, 0.4) is 0 Å². The van der Waals surface area contributed by atoms with Crippen molar-refractivity contribution in [2.24, 2.45) is 0 Å². The van der Waals surface area contributed by atoms with Gasteiger partial charge in [0.15, 0.2) is 0 Å². The van der Waals surface area contributed by atoms with Crippen LogP contribution < -0.4 is 20.7 Å². The standard InChI is InChI=1S/C38H28O5Si2/c39-37(40)34-22-12-10-20-31(34)33-25-24-30(26-36(33)32-21-11-13-23-35(32)38(41)42)45(28-16-6-2-7-17-28,29-18-8-3-9-19-29)43-44-27-14-4-1-5-15-27/h1-26H,(H,39,40)(H,41,42). The van der Waals surface area contributed by atoms with Gasteiger partial charge in [-0.3, -0.25) is 0 Å². The van der Waals surface area contributed by atoms with Crippen LogP contribution in [-0.2, 0) is 4.12 Å². The highest BCUT2D eigenvalue weighted by Crippen LogP contribution is 2.36. The first-order valence-electron chi connectivity index (χ1n) is 14.4. The van der Waals surface area contributed by atoms with E-state index in [9.17, 15) is 19.8 Å². The quantitative estimate of drug-likeness (QED) is 0.160. The Balaban J connectivity index is 1.68. The van der Waals surface area contributed by atoms with Crippen molar-refractivity contribution in [2.75, 3.05) is 0 Å². The van der Waals surface area contributed by atoms with E-state index in [-0.39, 0.29) is 20.9 Å². The van der Waals surface area contributed by atoms with Gasteiger partial charge in [0.2, 0.25) is 0 Å². The summed E-state index contributed by atoms with van der Waals surface area (Å²) in [4.78, 5) is 24.8. The van der Waals surface area contributed by atoms with E-state index in [0.717, 1.165) is 20.7 Å². The monoisotopic (exact) mass is 620 g/mol. The molecule has 6 aromatic carbocycles. The van der Waals surface area contributed by atoms with Crippen LogP contribution >= 0.6 is 0 Å². The minimum atomic E-state index is -3.23. The van der Waals surface area contributed by atoms with Crippen LogP contribution in [0.4, 0.5) is 0 Å². The van der Waals surface area contributed by atoms with Gasteiger partial charge in [-0.15, -0.1) is 0 Å². The van der Waals surface area contributed by atoms with E-state index in [1.807, 2.05) is 84.9 Å². The summed E-state index contributed by atoms with van der Waals surface area (Å²) >= 11 is 0. The van der Waals surface area contributed by atoms with Crippen LogP contribution in [0.25, 0.3) is 22.3 Å². The molecule has 0 saturated heterocycles. The fourth-order valence-electron chi connectivity index (χ4n) is 5.69. The summed E-state index contributed by atoms with van der Waals surface area (Å²) in [5.74, 6) is -2.12. The molecule has 0 aromatic heterocycles. The maximum Gasteiger partial charge on any atom is 0.336 e. The average Bonchev–Trinajstić information content (AvgIpc) is 3.10. The zero-order valence-electron chi connectivity index (χ0n) is 24.1. The van der Waals surface area contributed by atoms with E-state index >= 15 is 0 Å². The summed E-state index contributed by atoms with van der Waals surface area (Å²) in [5, 5.41) is 24.3. The maximum absolute atomic E-state index is 12.5. The lowest BCUT2D eigenvalue weighted by Crippen LogP contribution is -2.70. The van der Waals surface area contributed by atoms with E-state index in [0.29, 0.717) is 22.3 Å². The zero-order valence-corrected chi connectivity index (χ0v) is 26.1. The van der Waals surface area contributed by atoms with E-state index in [1.54, 1.807) is 48.5 Å². The molecule has 5 nitrogen and oxygen atoms in total. The second-order valence-corrected chi connectivity index (χ2v) is 15.1. The lowest BCUT2D eigenvalue weighted by molar-refractivity contribution is 0.0686. The summed E-state index contributed by atoms with van der Waals surface area (Å²) in [7, 11) is -3.18. The van der Waals surface area contributed by atoms with Gasteiger partial charge in [0.05, 0.1) is 11.1 Å². The largest absolute Gasteiger partial charge is 0.478 e. The van der Waals surface area contributed by atoms with Crippen LogP contribution in [0.5, 0.6) is 0 Å². The molecular formula is C38H28O5Si2. The van der Waals surface area contributed by atoms with Gasteiger partial charge in [-0.2, -0.15) is 0 Å². The Morgan fingerprint density at radius 2 is 0.911 bits per heavy atom. The van der Waals surface area contributed by atoms with Crippen LogP contribution in [0.2, 0.25) is 0 Å². The number of hydrogen-bond donors (Lipinski definition) is 2. The SMILES string of the molecule is O=C(O)c1ccccc1-c1ccc([Si](O[Si]c2ccccc2)(c2ccccc2)c2ccccc2)cc1-c1ccccc1C(=O)O. The first kappa shape index (κ1) is 29.7. The molecule has 0 bridgehead atoms. The predicted molar refractivity (Wildman–Crippen MR) is 182 cm³/mol. The van der Waals surface area contributed by atoms with Crippen molar-refractivity contribution < 1.29 is 23.9 Å². The normalized spacial score (nSPS) is 11.2. The molecule has 2 radical (unpaired) electrons. The first-order valence-corrected chi connectivity index (χ1v) is 17.2. The first-order chi connectivity index (χ1) is 22.0. The molecule has 0 aliphatic rings. The Bertz CT molecular complexity index is 1920. The van der Waals surface area contributed by atoms with Crippen molar-refractivity contribution in [3.8, 4) is 22.3 Å². The van der Waals surface area contributed by atoms with Crippen molar-refractivity contribution in [3.05, 3.63) is 169 Å². The highest BCUT2D eigenvalue weighted by molar-refractivity contribution is 7.09. The number of rotatable bonds is 10. The summed E-state index contributed by atoms with van der Waals surface area (Å²) in [5.41, 5.74) is 2.51. The van der Waals surface area contributed by atoms with Gasteiger partial charge in [0.25, 0.3) is 18.1 Å². The van der Waals surface area contributed by atoms with Gasteiger partial charge >= 0.3 is 11.9 Å². The highest BCUT2D eigenvalue weighted by atomic mass is 28.4. The van der Waals surface area contributed by atoms with Gasteiger partial charge in [-0.25, -0.2) is 9.59 Å². The third kappa shape index (κ3) is 5.92. The minimum absolute atomic E-state index is 0.0440. The molecule has 0 saturated carbocycles. The summed E-state index contributed by atoms with van der Waals surface area (Å²) in [6.45, 7) is 0. The van der Waals surface area contributed by atoms with Gasteiger partial charge in [0, 0.05) is 0 Å². The number of carbonyl (C=O) groups is 2. The van der Waals surface area contributed by atoms with Gasteiger partial charge in [-0.05, 0) is 55.1 Å². The molecule has 0 atom stereocenters. The Labute approximate surface area is 265 Å². The zero-order chi connectivity index (χ0) is 31.2. The molecule has 0 aliphatic heterocycles. The molecule has 6 aromatic rings. The number of benzene rings is 6. The molecule has 0 aliphatic carbocycles. The number of carboxylic acids is 2. The summed E-state index contributed by atoms with van der Waals surface area (Å²) < 4.78 is 7.21. The number of aromatic carboxylic acids is 2. The van der Waals surface area contributed by atoms with Crippen molar-refractivity contribution in [3.63, 3.8) is 0 Å². The molecule has 45 heavy (non-hydrogen) atoms. The fourth-order valence-corrected chi connectivity index (χ4v) is 11.5. The number of carboxylic acid groups (broad SMARTS) is 2. The number of hydrogen-bond acceptors (Lipinski definition) is 3. The molecule has 0 heterocycles. The van der Waals surface area contributed by atoms with Gasteiger partial charge in [-0.1, -0.05) is 146 Å². The molecule has 0 unspecified atom stereocenters. The van der Waals surface area contributed by atoms with Crippen molar-refractivity contribution in [1.29, 1.82) is 0 Å². The Morgan fingerprint density at radius 3 is 1.42 bits per heavy atom. The highest BCUT2D eigenvalue weighted by Gasteiger charge is 2.42. The van der Waals surface area contributed by atoms with Crippen LogP contribution in [0.1, 0.15) is 20.7 Å². The molecular weight excluding hydrogens is 593 g/mol. The molecule has 6 rings (SSSR count). The maximum atomic E-state index is 12.5. The molecule has 2 N–H and O–H groups in total. The molecule has 0 spiro atoms. The van der Waals surface area contributed by atoms with Crippen LogP contribution in [0, 0.1) is 0 Å². The third-order valence-corrected chi connectivity index (χ3v) is 13.4. The van der Waals surface area contributed by atoms with Crippen LogP contribution in [0.15, 0.2) is 158 Å². The second kappa shape index (κ2) is 13.1. The predicted octanol–water partition coefficient (Wildman–Crippen LogP) is 5.35. The van der Waals surface area contributed by atoms with Crippen molar-refractivity contribution in [2.45, 2.75) is 0 Å². The molecule has 0 fully saturated rings. The Morgan fingerprint density at radius 1 is 0.467 bits per heavy atom. The summed E-state index contributed by atoms with van der Waals surface area (Å²) in [6.07, 6.45) is 0. The van der Waals surface area contributed by atoms with Gasteiger partial charge < -0.3 is 14.3 Å². The molecule has 0 amide bonds. The molecule has 218 valence electrons. The van der Waals surface area contributed by atoms with Crippen molar-refractivity contribution >= 4 is 50.8 Å². The van der Waals surface area contributed by atoms with Crippen molar-refractivity contribution in [1.82, 2.24) is 0 Å². The lowest BCUT2D eigenvalue weighted by atomic mass is 9.90. The van der Waals surface area contributed by atoms with E-state index in [2.05, 4.69) is 24.3 Å². The topological polar surface area (TPSA) is 83.8 Å². The lowest BCUT2D eigenvalue weighted by Gasteiger charge is -2.34. The Hall–Kier alpha value is -5.35. The smallest absolute Gasteiger partial charge is 0.336 e. The second-order valence-electron chi connectivity index (χ2n) is 10.4. The fraction of sp³-hybridized carbons (Fsp3) is 0. The minimum Gasteiger partial charge on any atom is -0.478 e. The third-order valence-electron chi connectivity index (χ3n) is 7.78. The van der Waals surface area contributed by atoms with Gasteiger partial charge in [0.1, 0.15) is 0 Å². The average molecular weight is 621 g/mol. The molecule has 7 heteroatoms. The Kier molecular flexibility index (Phi) is 8.66. The van der Waals surface area contributed by atoms with E-state index in [1.165, 1.54) is 0 Å². The van der Waals surface area contributed by atoms with E-state index < -0.39 is 20.3 Å².